The van der Waals surface area contributed by atoms with E-state index < -0.39 is 5.92 Å². The zero-order chi connectivity index (χ0) is 12.4. The van der Waals surface area contributed by atoms with Crippen molar-refractivity contribution in [1.82, 2.24) is 0 Å². The molecule has 1 aliphatic heterocycles. The molecule has 1 aliphatic carbocycles. The summed E-state index contributed by atoms with van der Waals surface area (Å²) in [4.78, 5) is 23.4. The standard InChI is InChI=1S/C13H20O4/c1-8-10(13(15)16-2)11(17-12(8)14)9-6-4-3-5-7-9/h8-11H,3-7H2,1-2H3/t8-,10-,11-/m1/s1. The summed E-state index contributed by atoms with van der Waals surface area (Å²) in [5, 5.41) is 0. The molecule has 0 N–H and O–H groups in total. The van der Waals surface area contributed by atoms with Crippen LogP contribution < -0.4 is 0 Å². The number of ether oxygens (including phenoxy) is 2. The average molecular weight is 240 g/mol. The van der Waals surface area contributed by atoms with Gasteiger partial charge in [0.05, 0.1) is 13.0 Å². The summed E-state index contributed by atoms with van der Waals surface area (Å²) < 4.78 is 10.2. The van der Waals surface area contributed by atoms with Gasteiger partial charge in [-0.2, -0.15) is 0 Å². The van der Waals surface area contributed by atoms with E-state index in [1.807, 2.05) is 0 Å². The molecule has 4 heteroatoms. The van der Waals surface area contributed by atoms with E-state index in [2.05, 4.69) is 0 Å². The van der Waals surface area contributed by atoms with Crippen LogP contribution in [0.3, 0.4) is 0 Å². The Hall–Kier alpha value is -1.06. The molecule has 96 valence electrons. The van der Waals surface area contributed by atoms with Crippen LogP contribution in [0.1, 0.15) is 39.0 Å². The summed E-state index contributed by atoms with van der Waals surface area (Å²) in [6, 6.07) is 0. The zero-order valence-electron chi connectivity index (χ0n) is 10.5. The van der Waals surface area contributed by atoms with Crippen molar-refractivity contribution in [3.8, 4) is 0 Å². The summed E-state index contributed by atoms with van der Waals surface area (Å²) in [5.74, 6) is -0.998. The highest BCUT2D eigenvalue weighted by atomic mass is 16.6. The van der Waals surface area contributed by atoms with Gasteiger partial charge in [0.2, 0.25) is 0 Å². The minimum Gasteiger partial charge on any atom is -0.469 e. The van der Waals surface area contributed by atoms with Gasteiger partial charge in [-0.15, -0.1) is 0 Å². The molecule has 0 unspecified atom stereocenters. The zero-order valence-corrected chi connectivity index (χ0v) is 10.5. The van der Waals surface area contributed by atoms with Crippen LogP contribution >= 0.6 is 0 Å². The fourth-order valence-corrected chi connectivity index (χ4v) is 3.07. The van der Waals surface area contributed by atoms with Crippen LogP contribution in [-0.2, 0) is 19.1 Å². The second kappa shape index (κ2) is 5.07. The molecule has 2 rings (SSSR count). The number of hydrogen-bond donors (Lipinski definition) is 0. The molecule has 3 atom stereocenters. The molecule has 0 bridgehead atoms. The fraction of sp³-hybridized carbons (Fsp3) is 0.846. The second-order valence-corrected chi connectivity index (χ2v) is 5.14. The van der Waals surface area contributed by atoms with E-state index in [1.54, 1.807) is 6.92 Å². The van der Waals surface area contributed by atoms with Crippen LogP contribution in [0, 0.1) is 17.8 Å². The number of cyclic esters (lactones) is 1. The second-order valence-electron chi connectivity index (χ2n) is 5.14. The first-order valence-corrected chi connectivity index (χ1v) is 6.43. The van der Waals surface area contributed by atoms with E-state index in [4.69, 9.17) is 9.47 Å². The van der Waals surface area contributed by atoms with Crippen LogP contribution in [0.2, 0.25) is 0 Å². The van der Waals surface area contributed by atoms with Crippen LogP contribution in [0.5, 0.6) is 0 Å². The maximum Gasteiger partial charge on any atom is 0.313 e. The van der Waals surface area contributed by atoms with Gasteiger partial charge in [-0.25, -0.2) is 0 Å². The van der Waals surface area contributed by atoms with E-state index in [1.165, 1.54) is 26.4 Å². The Morgan fingerprint density at radius 1 is 1.29 bits per heavy atom. The van der Waals surface area contributed by atoms with Crippen molar-refractivity contribution < 1.29 is 19.1 Å². The monoisotopic (exact) mass is 240 g/mol. The van der Waals surface area contributed by atoms with Crippen LogP contribution in [0.15, 0.2) is 0 Å². The lowest BCUT2D eigenvalue weighted by atomic mass is 9.78. The summed E-state index contributed by atoms with van der Waals surface area (Å²) in [5.41, 5.74) is 0. The fourth-order valence-electron chi connectivity index (χ4n) is 3.07. The third-order valence-electron chi connectivity index (χ3n) is 4.10. The lowest BCUT2D eigenvalue weighted by Crippen LogP contribution is -2.35. The highest BCUT2D eigenvalue weighted by Gasteiger charge is 2.50. The maximum absolute atomic E-state index is 11.8. The predicted octanol–water partition coefficient (Wildman–Crippen LogP) is 1.92. The first kappa shape index (κ1) is 12.4. The summed E-state index contributed by atoms with van der Waals surface area (Å²) in [7, 11) is 1.37. The molecule has 1 saturated heterocycles. The van der Waals surface area contributed by atoms with Gasteiger partial charge in [-0.1, -0.05) is 26.2 Å². The van der Waals surface area contributed by atoms with Gasteiger partial charge >= 0.3 is 11.9 Å². The minimum absolute atomic E-state index is 0.254. The van der Waals surface area contributed by atoms with Crippen molar-refractivity contribution >= 4 is 11.9 Å². The molecule has 0 amide bonds. The van der Waals surface area contributed by atoms with E-state index in [-0.39, 0.29) is 24.0 Å². The van der Waals surface area contributed by atoms with Crippen molar-refractivity contribution in [3.05, 3.63) is 0 Å². The summed E-state index contributed by atoms with van der Waals surface area (Å²) >= 11 is 0. The van der Waals surface area contributed by atoms with Gasteiger partial charge in [-0.05, 0) is 18.8 Å². The molecule has 1 heterocycles. The Kier molecular flexibility index (Phi) is 3.69. The quantitative estimate of drug-likeness (QED) is 0.692. The molecule has 4 nitrogen and oxygen atoms in total. The maximum atomic E-state index is 11.8. The lowest BCUT2D eigenvalue weighted by molar-refractivity contribution is -0.150. The topological polar surface area (TPSA) is 52.6 Å². The molecule has 0 spiro atoms. The molecule has 0 aromatic carbocycles. The van der Waals surface area contributed by atoms with E-state index >= 15 is 0 Å². The Balaban J connectivity index is 2.13. The summed E-state index contributed by atoms with van der Waals surface area (Å²) in [6.07, 6.45) is 5.43. The Morgan fingerprint density at radius 3 is 2.53 bits per heavy atom. The first-order chi connectivity index (χ1) is 8.15. The smallest absolute Gasteiger partial charge is 0.313 e. The van der Waals surface area contributed by atoms with Crippen LogP contribution in [0.25, 0.3) is 0 Å². The molecule has 17 heavy (non-hydrogen) atoms. The van der Waals surface area contributed by atoms with Gasteiger partial charge in [-0.3, -0.25) is 9.59 Å². The van der Waals surface area contributed by atoms with Gasteiger partial charge < -0.3 is 9.47 Å². The Morgan fingerprint density at radius 2 is 1.94 bits per heavy atom. The molecule has 2 aliphatic rings. The van der Waals surface area contributed by atoms with Crippen LogP contribution in [0.4, 0.5) is 0 Å². The molecule has 0 aromatic rings. The Labute approximate surface area is 102 Å². The highest BCUT2D eigenvalue weighted by molar-refractivity contribution is 5.85. The number of esters is 2. The van der Waals surface area contributed by atoms with Crippen molar-refractivity contribution in [1.29, 1.82) is 0 Å². The predicted molar refractivity (Wildman–Crippen MR) is 61.1 cm³/mol. The number of carbonyl (C=O) groups is 2. The normalized spacial score (nSPS) is 34.5. The molecule has 2 fully saturated rings. The van der Waals surface area contributed by atoms with E-state index in [0.717, 1.165) is 12.8 Å². The van der Waals surface area contributed by atoms with Crippen LogP contribution in [-0.4, -0.2) is 25.2 Å². The van der Waals surface area contributed by atoms with Crippen molar-refractivity contribution in [2.75, 3.05) is 7.11 Å². The third kappa shape index (κ3) is 2.31. The SMILES string of the molecule is COC(=O)[C@H]1[C@@H](C2CCCCC2)OC(=O)[C@@H]1C. The largest absolute Gasteiger partial charge is 0.469 e. The van der Waals surface area contributed by atoms with Gasteiger partial charge in [0.15, 0.2) is 0 Å². The van der Waals surface area contributed by atoms with E-state index in [9.17, 15) is 9.59 Å². The van der Waals surface area contributed by atoms with Crippen molar-refractivity contribution in [2.24, 2.45) is 17.8 Å². The number of methoxy groups -OCH3 is 1. The first-order valence-electron chi connectivity index (χ1n) is 6.43. The highest BCUT2D eigenvalue weighted by Crippen LogP contribution is 2.39. The lowest BCUT2D eigenvalue weighted by Gasteiger charge is -2.29. The number of hydrogen-bond acceptors (Lipinski definition) is 4. The third-order valence-corrected chi connectivity index (χ3v) is 4.10. The minimum atomic E-state index is -0.407. The molecular weight excluding hydrogens is 220 g/mol. The average Bonchev–Trinajstić information content (AvgIpc) is 2.66. The molecule has 1 saturated carbocycles. The summed E-state index contributed by atoms with van der Waals surface area (Å²) in [6.45, 7) is 1.76. The number of carbonyl (C=O) groups excluding carboxylic acids is 2. The van der Waals surface area contributed by atoms with Gasteiger partial charge in [0, 0.05) is 0 Å². The molecular formula is C13H20O4. The Bertz CT molecular complexity index is 307. The van der Waals surface area contributed by atoms with Gasteiger partial charge in [0.1, 0.15) is 12.0 Å². The van der Waals surface area contributed by atoms with Crippen molar-refractivity contribution in [2.45, 2.75) is 45.1 Å². The molecule has 0 aromatic heterocycles. The van der Waals surface area contributed by atoms with Crippen molar-refractivity contribution in [3.63, 3.8) is 0 Å². The van der Waals surface area contributed by atoms with Gasteiger partial charge in [0.25, 0.3) is 0 Å². The molecule has 0 radical (unpaired) electrons. The van der Waals surface area contributed by atoms with E-state index in [0.29, 0.717) is 5.92 Å². The number of rotatable bonds is 2.